The molecule has 0 saturated heterocycles. The maximum Gasteiger partial charge on any atom is 0.135 e. The van der Waals surface area contributed by atoms with Crippen LogP contribution in [0.5, 0.6) is 0 Å². The van der Waals surface area contributed by atoms with Crippen molar-refractivity contribution in [2.45, 2.75) is 26.3 Å². The zero-order chi connectivity index (χ0) is 13.8. The average molecular weight is 277 g/mol. The van der Waals surface area contributed by atoms with Crippen LogP contribution in [0.25, 0.3) is 0 Å². The highest BCUT2D eigenvalue weighted by Crippen LogP contribution is 2.24. The molecule has 1 atom stereocenters. The Morgan fingerprint density at radius 2 is 2.16 bits per heavy atom. The zero-order valence-electron chi connectivity index (χ0n) is 11.0. The number of nitrogens with two attached hydrogens (primary N) is 1. The summed E-state index contributed by atoms with van der Waals surface area (Å²) >= 11 is 6.00. The fourth-order valence-corrected chi connectivity index (χ4v) is 2.16. The Morgan fingerprint density at radius 3 is 2.84 bits per heavy atom. The quantitative estimate of drug-likeness (QED) is 0.898. The lowest BCUT2D eigenvalue weighted by Gasteiger charge is -2.17. The molecule has 19 heavy (non-hydrogen) atoms. The SMILES string of the molecule is CCc1c(N)ncnc1NC(C)c1cccc(Cl)c1. The van der Waals surface area contributed by atoms with Crippen molar-refractivity contribution in [1.29, 1.82) is 0 Å². The predicted octanol–water partition coefficient (Wildman–Crippen LogP) is 3.45. The second-order valence-electron chi connectivity index (χ2n) is 4.36. The van der Waals surface area contributed by atoms with Gasteiger partial charge in [0.2, 0.25) is 0 Å². The topological polar surface area (TPSA) is 63.8 Å². The number of anilines is 2. The Bertz CT molecular complexity index is 571. The molecule has 1 unspecified atom stereocenters. The average Bonchev–Trinajstić information content (AvgIpc) is 2.39. The van der Waals surface area contributed by atoms with E-state index in [9.17, 15) is 0 Å². The smallest absolute Gasteiger partial charge is 0.135 e. The van der Waals surface area contributed by atoms with Gasteiger partial charge in [0.15, 0.2) is 0 Å². The third-order valence-corrected chi connectivity index (χ3v) is 3.27. The van der Waals surface area contributed by atoms with Crippen molar-refractivity contribution in [1.82, 2.24) is 9.97 Å². The van der Waals surface area contributed by atoms with Crippen molar-refractivity contribution >= 4 is 23.2 Å². The summed E-state index contributed by atoms with van der Waals surface area (Å²) in [6.45, 7) is 4.09. The van der Waals surface area contributed by atoms with E-state index < -0.39 is 0 Å². The van der Waals surface area contributed by atoms with Crippen LogP contribution in [0.2, 0.25) is 5.02 Å². The molecule has 0 spiro atoms. The van der Waals surface area contributed by atoms with E-state index in [0.717, 1.165) is 28.4 Å². The number of nitrogens with zero attached hydrogens (tertiary/aromatic N) is 2. The van der Waals surface area contributed by atoms with Crippen molar-refractivity contribution in [2.24, 2.45) is 0 Å². The Labute approximate surface area is 118 Å². The van der Waals surface area contributed by atoms with Crippen LogP contribution in [-0.4, -0.2) is 9.97 Å². The van der Waals surface area contributed by atoms with Gasteiger partial charge >= 0.3 is 0 Å². The molecule has 0 bridgehead atoms. The lowest BCUT2D eigenvalue weighted by atomic mass is 10.1. The van der Waals surface area contributed by atoms with E-state index in [1.807, 2.05) is 31.2 Å². The highest BCUT2D eigenvalue weighted by atomic mass is 35.5. The number of benzene rings is 1. The molecule has 0 aliphatic rings. The van der Waals surface area contributed by atoms with E-state index >= 15 is 0 Å². The molecule has 4 nitrogen and oxygen atoms in total. The third kappa shape index (κ3) is 3.15. The van der Waals surface area contributed by atoms with E-state index in [2.05, 4.69) is 22.2 Å². The van der Waals surface area contributed by atoms with Gasteiger partial charge in [-0.1, -0.05) is 30.7 Å². The first-order valence-electron chi connectivity index (χ1n) is 6.23. The molecule has 2 rings (SSSR count). The van der Waals surface area contributed by atoms with Crippen LogP contribution in [0.3, 0.4) is 0 Å². The van der Waals surface area contributed by atoms with Crippen LogP contribution in [-0.2, 0) is 6.42 Å². The van der Waals surface area contributed by atoms with Crippen LogP contribution in [0.1, 0.15) is 31.0 Å². The fraction of sp³-hybridized carbons (Fsp3) is 0.286. The molecule has 0 aliphatic heterocycles. The van der Waals surface area contributed by atoms with Gasteiger partial charge in [-0.15, -0.1) is 0 Å². The monoisotopic (exact) mass is 276 g/mol. The van der Waals surface area contributed by atoms with Crippen molar-refractivity contribution in [3.8, 4) is 0 Å². The normalized spacial score (nSPS) is 12.2. The molecule has 3 N–H and O–H groups in total. The molecule has 0 fully saturated rings. The van der Waals surface area contributed by atoms with E-state index in [0.29, 0.717) is 5.82 Å². The summed E-state index contributed by atoms with van der Waals surface area (Å²) in [5, 5.41) is 4.08. The Hall–Kier alpha value is -1.81. The van der Waals surface area contributed by atoms with Gasteiger partial charge < -0.3 is 11.1 Å². The first-order chi connectivity index (χ1) is 9.11. The van der Waals surface area contributed by atoms with Crippen LogP contribution in [0.4, 0.5) is 11.6 Å². The number of halogens is 1. The number of nitrogen functional groups attached to an aromatic ring is 1. The summed E-state index contributed by atoms with van der Waals surface area (Å²) < 4.78 is 0. The second-order valence-corrected chi connectivity index (χ2v) is 4.80. The largest absolute Gasteiger partial charge is 0.383 e. The minimum Gasteiger partial charge on any atom is -0.383 e. The summed E-state index contributed by atoms with van der Waals surface area (Å²) in [7, 11) is 0. The first-order valence-corrected chi connectivity index (χ1v) is 6.61. The molecule has 0 amide bonds. The summed E-state index contributed by atoms with van der Waals surface area (Å²) in [5.74, 6) is 1.31. The van der Waals surface area contributed by atoms with E-state index in [-0.39, 0.29) is 6.04 Å². The fourth-order valence-electron chi connectivity index (χ4n) is 1.96. The number of aromatic nitrogens is 2. The molecule has 1 aromatic carbocycles. The molecule has 1 aromatic heterocycles. The van der Waals surface area contributed by atoms with Gasteiger partial charge in [-0.2, -0.15) is 0 Å². The van der Waals surface area contributed by atoms with Crippen molar-refractivity contribution in [2.75, 3.05) is 11.1 Å². The van der Waals surface area contributed by atoms with Gasteiger partial charge in [-0.25, -0.2) is 9.97 Å². The number of hydrogen-bond acceptors (Lipinski definition) is 4. The van der Waals surface area contributed by atoms with Gasteiger partial charge in [-0.05, 0) is 31.0 Å². The Balaban J connectivity index is 2.24. The van der Waals surface area contributed by atoms with E-state index in [1.165, 1.54) is 6.33 Å². The van der Waals surface area contributed by atoms with Gasteiger partial charge in [0.1, 0.15) is 18.0 Å². The molecule has 100 valence electrons. The van der Waals surface area contributed by atoms with Gasteiger partial charge in [0.05, 0.1) is 6.04 Å². The molecule has 1 heterocycles. The summed E-state index contributed by atoms with van der Waals surface area (Å²) in [6, 6.07) is 7.86. The number of rotatable bonds is 4. The lowest BCUT2D eigenvalue weighted by molar-refractivity contribution is 0.864. The molecule has 0 saturated carbocycles. The summed E-state index contributed by atoms with van der Waals surface area (Å²) in [4.78, 5) is 8.27. The van der Waals surface area contributed by atoms with Crippen LogP contribution in [0, 0.1) is 0 Å². The highest BCUT2D eigenvalue weighted by Gasteiger charge is 2.11. The van der Waals surface area contributed by atoms with Crippen molar-refractivity contribution in [3.05, 3.63) is 46.7 Å². The minimum absolute atomic E-state index is 0.0956. The standard InChI is InChI=1S/C14H17ClN4/c1-3-12-13(16)17-8-18-14(12)19-9(2)10-5-4-6-11(15)7-10/h4-9H,3H2,1-2H3,(H3,16,17,18,19). The maximum absolute atomic E-state index is 6.00. The maximum atomic E-state index is 6.00. The van der Waals surface area contributed by atoms with Crippen LogP contribution in [0.15, 0.2) is 30.6 Å². The van der Waals surface area contributed by atoms with E-state index in [1.54, 1.807) is 0 Å². The number of hydrogen-bond donors (Lipinski definition) is 2. The van der Waals surface area contributed by atoms with Gasteiger partial charge in [0, 0.05) is 10.6 Å². The first kappa shape index (κ1) is 13.6. The van der Waals surface area contributed by atoms with Gasteiger partial charge in [0.25, 0.3) is 0 Å². The molecular weight excluding hydrogens is 260 g/mol. The zero-order valence-corrected chi connectivity index (χ0v) is 11.8. The number of nitrogens with one attached hydrogen (secondary N) is 1. The highest BCUT2D eigenvalue weighted by molar-refractivity contribution is 6.30. The molecule has 0 radical (unpaired) electrons. The molecule has 2 aromatic rings. The Morgan fingerprint density at radius 1 is 1.37 bits per heavy atom. The summed E-state index contributed by atoms with van der Waals surface area (Å²) in [6.07, 6.45) is 2.26. The predicted molar refractivity (Wildman–Crippen MR) is 79.3 cm³/mol. The molecule has 5 heteroatoms. The minimum atomic E-state index is 0.0956. The van der Waals surface area contributed by atoms with Crippen molar-refractivity contribution in [3.63, 3.8) is 0 Å². The second kappa shape index (κ2) is 5.89. The third-order valence-electron chi connectivity index (χ3n) is 3.03. The lowest BCUT2D eigenvalue weighted by Crippen LogP contribution is -2.11. The Kier molecular flexibility index (Phi) is 4.22. The van der Waals surface area contributed by atoms with Crippen LogP contribution >= 0.6 is 11.6 Å². The molecule has 0 aliphatic carbocycles. The summed E-state index contributed by atoms with van der Waals surface area (Å²) in [5.41, 5.74) is 7.90. The van der Waals surface area contributed by atoms with E-state index in [4.69, 9.17) is 17.3 Å². The van der Waals surface area contributed by atoms with Crippen molar-refractivity contribution < 1.29 is 0 Å². The molecular formula is C14H17ClN4. The van der Waals surface area contributed by atoms with Gasteiger partial charge in [-0.3, -0.25) is 0 Å². The van der Waals surface area contributed by atoms with Crippen LogP contribution < -0.4 is 11.1 Å².